The predicted octanol–water partition coefficient (Wildman–Crippen LogP) is 6.93. The molecule has 0 radical (unpaired) electrons. The molecule has 7 heteroatoms. The highest BCUT2D eigenvalue weighted by Gasteiger charge is 2.25. The number of nitrogens with one attached hydrogen (secondary N) is 1. The van der Waals surface area contributed by atoms with E-state index >= 15 is 0 Å². The highest BCUT2D eigenvalue weighted by Crippen LogP contribution is 2.32. The summed E-state index contributed by atoms with van der Waals surface area (Å²) in [6.07, 6.45) is 3.66. The van der Waals surface area contributed by atoms with E-state index < -0.39 is 0 Å². The third-order valence-corrected chi connectivity index (χ3v) is 7.68. The number of nitrogens with zero attached hydrogens (tertiary/aromatic N) is 2. The Labute approximate surface area is 212 Å². The van der Waals surface area contributed by atoms with Gasteiger partial charge in [0.05, 0.1) is 10.6 Å². The van der Waals surface area contributed by atoms with E-state index in [4.69, 9.17) is 4.74 Å². The lowest BCUT2D eigenvalue weighted by Gasteiger charge is -2.11. The van der Waals surface area contributed by atoms with Crippen molar-refractivity contribution in [2.75, 3.05) is 6.61 Å². The second kappa shape index (κ2) is 10.1. The highest BCUT2D eigenvalue weighted by molar-refractivity contribution is 9.10. The first-order valence-corrected chi connectivity index (χ1v) is 12.5. The molecule has 1 aromatic heterocycles. The smallest absolute Gasteiger partial charge is 0.264 e. The zero-order valence-corrected chi connectivity index (χ0v) is 22.0. The first kappa shape index (κ1) is 24.1. The monoisotopic (exact) mass is 535 g/mol. The number of benzene rings is 2. The van der Waals surface area contributed by atoms with Gasteiger partial charge in [0.15, 0.2) is 5.17 Å². The maximum atomic E-state index is 12.6. The molecule has 2 heterocycles. The number of thioether (sulfide) groups is 1. The minimum Gasteiger partial charge on any atom is -0.490 e. The van der Waals surface area contributed by atoms with Crippen molar-refractivity contribution in [3.8, 4) is 11.4 Å². The summed E-state index contributed by atoms with van der Waals surface area (Å²) in [5.74, 6) is 0.665. The number of halogens is 1. The third-order valence-electron chi connectivity index (χ3n) is 5.52. The fourth-order valence-electron chi connectivity index (χ4n) is 3.90. The van der Waals surface area contributed by atoms with Crippen LogP contribution in [-0.2, 0) is 4.79 Å². The van der Waals surface area contributed by atoms with Crippen LogP contribution >= 0.6 is 27.7 Å². The second-order valence-corrected chi connectivity index (χ2v) is 9.95. The van der Waals surface area contributed by atoms with Gasteiger partial charge in [-0.15, -0.1) is 0 Å². The number of aryl methyl sites for hydroxylation is 3. The molecule has 4 rings (SSSR count). The van der Waals surface area contributed by atoms with Crippen molar-refractivity contribution < 1.29 is 9.53 Å². The lowest BCUT2D eigenvalue weighted by atomic mass is 10.1. The largest absolute Gasteiger partial charge is 0.490 e. The van der Waals surface area contributed by atoms with Crippen molar-refractivity contribution in [1.82, 2.24) is 9.88 Å². The first-order chi connectivity index (χ1) is 16.3. The van der Waals surface area contributed by atoms with Crippen LogP contribution in [0.1, 0.15) is 28.1 Å². The lowest BCUT2D eigenvalue weighted by molar-refractivity contribution is -0.115. The highest BCUT2D eigenvalue weighted by atomic mass is 79.9. The van der Waals surface area contributed by atoms with Gasteiger partial charge in [-0.1, -0.05) is 28.6 Å². The minimum absolute atomic E-state index is 0.136. The molecule has 1 aliphatic rings. The van der Waals surface area contributed by atoms with Crippen molar-refractivity contribution in [3.63, 3.8) is 0 Å². The van der Waals surface area contributed by atoms with Gasteiger partial charge >= 0.3 is 0 Å². The molecular weight excluding hydrogens is 510 g/mol. The number of hydrogen-bond acceptors (Lipinski definition) is 4. The molecule has 0 bridgehead atoms. The van der Waals surface area contributed by atoms with Crippen molar-refractivity contribution in [2.45, 2.75) is 27.7 Å². The van der Waals surface area contributed by atoms with E-state index in [1.165, 1.54) is 11.8 Å². The molecule has 0 spiro atoms. The van der Waals surface area contributed by atoms with Crippen molar-refractivity contribution in [1.29, 1.82) is 0 Å². The number of ether oxygens (including phenoxy) is 1. The van der Waals surface area contributed by atoms with Gasteiger partial charge in [0.1, 0.15) is 12.4 Å². The van der Waals surface area contributed by atoms with Gasteiger partial charge in [0.2, 0.25) is 0 Å². The number of rotatable bonds is 6. The van der Waals surface area contributed by atoms with Gasteiger partial charge in [-0.25, -0.2) is 4.99 Å². The number of amidine groups is 1. The molecule has 5 nitrogen and oxygen atoms in total. The van der Waals surface area contributed by atoms with E-state index in [0.29, 0.717) is 16.7 Å². The molecule has 34 heavy (non-hydrogen) atoms. The number of carbonyl (C=O) groups is 1. The maximum absolute atomic E-state index is 12.6. The Kier molecular flexibility index (Phi) is 7.14. The van der Waals surface area contributed by atoms with Crippen LogP contribution in [-0.4, -0.2) is 22.2 Å². The van der Waals surface area contributed by atoms with Crippen LogP contribution < -0.4 is 10.1 Å². The SMILES string of the molecule is C=CCOc1ccc(-n2c(C)cc(/C=C3\SC(=Nc4cc(C)c(Br)c(C)c4)NC3=O)c2C)cc1. The Balaban J connectivity index is 1.59. The van der Waals surface area contributed by atoms with E-state index in [-0.39, 0.29) is 5.91 Å². The zero-order valence-electron chi connectivity index (χ0n) is 19.6. The predicted molar refractivity (Wildman–Crippen MR) is 145 cm³/mol. The molecule has 0 unspecified atom stereocenters. The van der Waals surface area contributed by atoms with Crippen LogP contribution in [0.15, 0.2) is 69.5 Å². The quantitative estimate of drug-likeness (QED) is 0.275. The summed E-state index contributed by atoms with van der Waals surface area (Å²) in [6.45, 7) is 12.3. The fraction of sp³-hybridized carbons (Fsp3) is 0.185. The van der Waals surface area contributed by atoms with Gasteiger partial charge in [0, 0.05) is 21.5 Å². The van der Waals surface area contributed by atoms with Gasteiger partial charge in [-0.05, 0) is 105 Å². The summed E-state index contributed by atoms with van der Waals surface area (Å²) in [7, 11) is 0. The summed E-state index contributed by atoms with van der Waals surface area (Å²) in [6, 6.07) is 14.0. The zero-order chi connectivity index (χ0) is 24.4. The second-order valence-electron chi connectivity index (χ2n) is 8.13. The van der Waals surface area contributed by atoms with Gasteiger partial charge in [0.25, 0.3) is 5.91 Å². The molecule has 1 amide bonds. The number of aromatic nitrogens is 1. The van der Waals surface area contributed by atoms with E-state index in [1.54, 1.807) is 6.08 Å². The number of carbonyl (C=O) groups excluding carboxylic acids is 1. The van der Waals surface area contributed by atoms with Crippen LogP contribution in [0, 0.1) is 27.7 Å². The Bertz CT molecular complexity index is 1310. The Morgan fingerprint density at radius 1 is 1.12 bits per heavy atom. The van der Waals surface area contributed by atoms with E-state index in [1.807, 2.05) is 56.3 Å². The lowest BCUT2D eigenvalue weighted by Crippen LogP contribution is -2.19. The Hall–Kier alpha value is -3.03. The number of aliphatic imine (C=N–C) groups is 1. The third kappa shape index (κ3) is 5.05. The molecule has 1 N–H and O–H groups in total. The molecular formula is C27H26BrN3O2S. The van der Waals surface area contributed by atoms with Crippen molar-refractivity contribution >= 4 is 50.5 Å². The van der Waals surface area contributed by atoms with Crippen molar-refractivity contribution in [3.05, 3.63) is 92.6 Å². The normalized spacial score (nSPS) is 15.7. The van der Waals surface area contributed by atoms with E-state index in [0.717, 1.165) is 49.7 Å². The summed E-state index contributed by atoms with van der Waals surface area (Å²) < 4.78 is 8.83. The van der Waals surface area contributed by atoms with Gasteiger partial charge in [-0.3, -0.25) is 4.79 Å². The van der Waals surface area contributed by atoms with E-state index in [2.05, 4.69) is 57.3 Å². The average Bonchev–Trinajstić information content (AvgIpc) is 3.28. The molecule has 3 aromatic rings. The average molecular weight is 536 g/mol. The summed E-state index contributed by atoms with van der Waals surface area (Å²) in [4.78, 5) is 17.9. The Morgan fingerprint density at radius 2 is 1.79 bits per heavy atom. The Morgan fingerprint density at radius 3 is 2.44 bits per heavy atom. The van der Waals surface area contributed by atoms with Gasteiger partial charge in [-0.2, -0.15) is 0 Å². The molecule has 1 saturated heterocycles. The number of hydrogen-bond donors (Lipinski definition) is 1. The molecule has 1 aliphatic heterocycles. The molecule has 0 saturated carbocycles. The topological polar surface area (TPSA) is 55.6 Å². The van der Waals surface area contributed by atoms with Crippen LogP contribution in [0.25, 0.3) is 11.8 Å². The standard InChI is InChI=1S/C27H26BrN3O2S/c1-6-11-33-23-9-7-22(8-10-23)31-18(4)14-20(19(31)5)15-24-26(32)30-27(34-24)29-21-12-16(2)25(28)17(3)13-21/h6-10,12-15H,1,11H2,2-5H3,(H,29,30,32)/b24-15-. The first-order valence-electron chi connectivity index (χ1n) is 10.9. The molecule has 0 atom stereocenters. The van der Waals surface area contributed by atoms with Crippen LogP contribution in [0.4, 0.5) is 5.69 Å². The van der Waals surface area contributed by atoms with Gasteiger partial charge < -0.3 is 14.6 Å². The molecule has 1 fully saturated rings. The fourth-order valence-corrected chi connectivity index (χ4v) is 4.97. The summed E-state index contributed by atoms with van der Waals surface area (Å²) in [5, 5.41) is 3.47. The van der Waals surface area contributed by atoms with Crippen LogP contribution in [0.5, 0.6) is 5.75 Å². The summed E-state index contributed by atoms with van der Waals surface area (Å²) >= 11 is 4.94. The maximum Gasteiger partial charge on any atom is 0.264 e. The van der Waals surface area contributed by atoms with Crippen molar-refractivity contribution in [2.24, 2.45) is 4.99 Å². The molecule has 2 aromatic carbocycles. The minimum atomic E-state index is -0.136. The van der Waals surface area contributed by atoms with Crippen LogP contribution in [0.2, 0.25) is 0 Å². The summed E-state index contributed by atoms with van der Waals surface area (Å²) in [5.41, 5.74) is 7.22. The molecule has 0 aliphatic carbocycles. The number of amides is 1. The molecule has 174 valence electrons. The van der Waals surface area contributed by atoms with Crippen LogP contribution in [0.3, 0.4) is 0 Å². The van der Waals surface area contributed by atoms with E-state index in [9.17, 15) is 4.79 Å².